The molecule has 2 amide bonds. The van der Waals surface area contributed by atoms with Gasteiger partial charge in [-0.15, -0.1) is 0 Å². The van der Waals surface area contributed by atoms with Crippen molar-refractivity contribution in [3.63, 3.8) is 0 Å². The Labute approximate surface area is 163 Å². The zero-order valence-corrected chi connectivity index (χ0v) is 15.6. The van der Waals surface area contributed by atoms with E-state index in [0.717, 1.165) is 18.7 Å². The van der Waals surface area contributed by atoms with Gasteiger partial charge in [0.1, 0.15) is 0 Å². The maximum atomic E-state index is 12.3. The predicted molar refractivity (Wildman–Crippen MR) is 105 cm³/mol. The Kier molecular flexibility index (Phi) is 6.66. The van der Waals surface area contributed by atoms with Crippen molar-refractivity contribution in [3.05, 3.63) is 64.7 Å². The molecule has 1 aliphatic heterocycles. The second kappa shape index (κ2) is 9.38. The second-order valence-corrected chi connectivity index (χ2v) is 6.62. The lowest BCUT2D eigenvalue weighted by Crippen LogP contribution is -2.44. The molecule has 0 radical (unpaired) electrons. The number of rotatable bonds is 5. The van der Waals surface area contributed by atoms with E-state index in [1.54, 1.807) is 24.3 Å². The number of nitrogens with one attached hydrogen (secondary N) is 2. The smallest absolute Gasteiger partial charge is 0.319 e. The Morgan fingerprint density at radius 2 is 1.89 bits per heavy atom. The number of amides is 2. The molecule has 1 fully saturated rings. The number of hydrogen-bond acceptors (Lipinski definition) is 4. The van der Waals surface area contributed by atoms with E-state index in [9.17, 15) is 4.79 Å². The summed E-state index contributed by atoms with van der Waals surface area (Å²) in [5.41, 5.74) is 2.17. The number of halogens is 1. The van der Waals surface area contributed by atoms with Crippen LogP contribution in [0.4, 0.5) is 10.5 Å². The number of nitrogens with zero attached hydrogens (tertiary/aromatic N) is 2. The van der Waals surface area contributed by atoms with Gasteiger partial charge in [-0.05, 0) is 35.9 Å². The normalized spacial score (nSPS) is 15.6. The minimum Gasteiger partial charge on any atom is -0.379 e. The van der Waals surface area contributed by atoms with Crippen LogP contribution in [-0.2, 0) is 4.74 Å². The number of ether oxygens (including phenoxy) is 1. The van der Waals surface area contributed by atoms with Crippen LogP contribution in [0.2, 0.25) is 5.02 Å². The summed E-state index contributed by atoms with van der Waals surface area (Å²) in [6, 6.07) is 16.1. The fraction of sp³-hybridized carbons (Fsp3) is 0.300. The molecule has 2 aromatic rings. The van der Waals surface area contributed by atoms with Gasteiger partial charge in [0.05, 0.1) is 30.9 Å². The van der Waals surface area contributed by atoms with Crippen molar-refractivity contribution in [3.8, 4) is 6.07 Å². The van der Waals surface area contributed by atoms with Gasteiger partial charge in [-0.25, -0.2) is 4.79 Å². The van der Waals surface area contributed by atoms with Crippen molar-refractivity contribution < 1.29 is 9.53 Å². The van der Waals surface area contributed by atoms with Crippen LogP contribution in [0.25, 0.3) is 0 Å². The minimum absolute atomic E-state index is 0.0330. The number of hydrogen-bond donors (Lipinski definition) is 2. The summed E-state index contributed by atoms with van der Waals surface area (Å²) in [6.07, 6.45) is 0. The number of morpholine rings is 1. The molecule has 6 nitrogen and oxygen atoms in total. The van der Waals surface area contributed by atoms with Gasteiger partial charge in [-0.2, -0.15) is 5.26 Å². The van der Waals surface area contributed by atoms with Crippen molar-refractivity contribution in [1.82, 2.24) is 10.2 Å². The SMILES string of the molecule is N#Cc1ccc(NC(=O)NC[C@@H](c2ccccc2Cl)N2CCOCC2)cc1. The molecule has 0 aliphatic carbocycles. The third kappa shape index (κ3) is 5.20. The molecule has 1 heterocycles. The molecule has 2 N–H and O–H groups in total. The van der Waals surface area contributed by atoms with Crippen LogP contribution >= 0.6 is 11.6 Å². The topological polar surface area (TPSA) is 77.4 Å². The van der Waals surface area contributed by atoms with Crippen LogP contribution < -0.4 is 10.6 Å². The molecular weight excluding hydrogens is 364 g/mol. The molecule has 140 valence electrons. The average Bonchev–Trinajstić information content (AvgIpc) is 2.71. The van der Waals surface area contributed by atoms with Crippen LogP contribution in [-0.4, -0.2) is 43.8 Å². The molecule has 1 atom stereocenters. The molecule has 0 bridgehead atoms. The van der Waals surface area contributed by atoms with E-state index in [-0.39, 0.29) is 12.1 Å². The quantitative estimate of drug-likeness (QED) is 0.828. The Morgan fingerprint density at radius 3 is 2.56 bits per heavy atom. The monoisotopic (exact) mass is 384 g/mol. The Hall–Kier alpha value is -2.59. The number of nitriles is 1. The van der Waals surface area contributed by atoms with Crippen molar-refractivity contribution in [1.29, 1.82) is 5.26 Å². The lowest BCUT2D eigenvalue weighted by atomic mass is 10.0. The van der Waals surface area contributed by atoms with E-state index in [1.807, 2.05) is 24.3 Å². The standard InChI is InChI=1S/C20H21ClN4O2/c21-18-4-2-1-3-17(18)19(25-9-11-27-12-10-25)14-23-20(26)24-16-7-5-15(13-22)6-8-16/h1-8,19H,9-12,14H2,(H2,23,24,26)/t19-/m0/s1. The van der Waals surface area contributed by atoms with Crippen LogP contribution in [0, 0.1) is 11.3 Å². The van der Waals surface area contributed by atoms with Gasteiger partial charge in [0, 0.05) is 30.3 Å². The molecule has 1 aliphatic rings. The third-order valence-electron chi connectivity index (χ3n) is 4.48. The van der Waals surface area contributed by atoms with Crippen LogP contribution in [0.5, 0.6) is 0 Å². The van der Waals surface area contributed by atoms with Crippen LogP contribution in [0.15, 0.2) is 48.5 Å². The van der Waals surface area contributed by atoms with Crippen molar-refractivity contribution in [2.45, 2.75) is 6.04 Å². The Morgan fingerprint density at radius 1 is 1.19 bits per heavy atom. The van der Waals surface area contributed by atoms with Crippen molar-refractivity contribution in [2.75, 3.05) is 38.2 Å². The maximum Gasteiger partial charge on any atom is 0.319 e. The fourth-order valence-electron chi connectivity index (χ4n) is 3.06. The number of urea groups is 1. The van der Waals surface area contributed by atoms with E-state index in [1.165, 1.54) is 0 Å². The van der Waals surface area contributed by atoms with Gasteiger partial charge in [0.2, 0.25) is 0 Å². The summed E-state index contributed by atoms with van der Waals surface area (Å²) in [4.78, 5) is 14.6. The lowest BCUT2D eigenvalue weighted by molar-refractivity contribution is 0.0168. The Bertz CT molecular complexity index is 813. The van der Waals surface area contributed by atoms with E-state index in [2.05, 4.69) is 21.6 Å². The summed E-state index contributed by atoms with van der Waals surface area (Å²) in [5, 5.41) is 15.2. The largest absolute Gasteiger partial charge is 0.379 e. The van der Waals surface area contributed by atoms with E-state index < -0.39 is 0 Å². The first-order valence-corrected chi connectivity index (χ1v) is 9.16. The third-order valence-corrected chi connectivity index (χ3v) is 4.82. The minimum atomic E-state index is -0.301. The van der Waals surface area contributed by atoms with Gasteiger partial charge in [0.15, 0.2) is 0 Å². The maximum absolute atomic E-state index is 12.3. The highest BCUT2D eigenvalue weighted by atomic mass is 35.5. The first-order chi connectivity index (χ1) is 13.2. The highest BCUT2D eigenvalue weighted by Crippen LogP contribution is 2.27. The van der Waals surface area contributed by atoms with E-state index in [4.69, 9.17) is 21.6 Å². The van der Waals surface area contributed by atoms with Crippen LogP contribution in [0.1, 0.15) is 17.2 Å². The van der Waals surface area contributed by atoms with Crippen LogP contribution in [0.3, 0.4) is 0 Å². The highest BCUT2D eigenvalue weighted by molar-refractivity contribution is 6.31. The fourth-order valence-corrected chi connectivity index (χ4v) is 3.32. The predicted octanol–water partition coefficient (Wildman–Crippen LogP) is 3.41. The number of benzene rings is 2. The number of carbonyl (C=O) groups excluding carboxylic acids is 1. The zero-order chi connectivity index (χ0) is 19.1. The molecule has 27 heavy (non-hydrogen) atoms. The molecule has 0 unspecified atom stereocenters. The molecule has 0 spiro atoms. The second-order valence-electron chi connectivity index (χ2n) is 6.21. The highest BCUT2D eigenvalue weighted by Gasteiger charge is 2.24. The zero-order valence-electron chi connectivity index (χ0n) is 14.8. The molecule has 0 aromatic heterocycles. The summed E-state index contributed by atoms with van der Waals surface area (Å²) < 4.78 is 5.44. The molecule has 7 heteroatoms. The summed E-state index contributed by atoms with van der Waals surface area (Å²) in [6.45, 7) is 3.33. The number of carbonyl (C=O) groups is 1. The van der Waals surface area contributed by atoms with Crippen molar-refractivity contribution >= 4 is 23.3 Å². The summed E-state index contributed by atoms with van der Waals surface area (Å²) in [7, 11) is 0. The molecular formula is C20H21ClN4O2. The summed E-state index contributed by atoms with van der Waals surface area (Å²) >= 11 is 6.40. The number of anilines is 1. The van der Waals surface area contributed by atoms with Gasteiger partial charge in [-0.3, -0.25) is 4.90 Å². The molecule has 1 saturated heterocycles. The van der Waals surface area contributed by atoms with E-state index in [0.29, 0.717) is 36.0 Å². The van der Waals surface area contributed by atoms with Gasteiger partial charge >= 0.3 is 6.03 Å². The van der Waals surface area contributed by atoms with Crippen molar-refractivity contribution in [2.24, 2.45) is 0 Å². The molecule has 2 aromatic carbocycles. The molecule has 0 saturated carbocycles. The molecule has 3 rings (SSSR count). The first-order valence-electron chi connectivity index (χ1n) is 8.78. The van der Waals surface area contributed by atoms with E-state index >= 15 is 0 Å². The summed E-state index contributed by atoms with van der Waals surface area (Å²) in [5.74, 6) is 0. The first kappa shape index (κ1) is 19.2. The average molecular weight is 385 g/mol. The van der Waals surface area contributed by atoms with Gasteiger partial charge < -0.3 is 15.4 Å². The Balaban J connectivity index is 1.65. The lowest BCUT2D eigenvalue weighted by Gasteiger charge is -2.35. The van der Waals surface area contributed by atoms with Gasteiger partial charge in [-0.1, -0.05) is 29.8 Å². The van der Waals surface area contributed by atoms with Gasteiger partial charge in [0.25, 0.3) is 0 Å².